The number of hydrogen-bond acceptors (Lipinski definition) is 3. The van der Waals surface area contributed by atoms with Crippen LogP contribution in [0.15, 0.2) is 0 Å². The summed E-state index contributed by atoms with van der Waals surface area (Å²) in [6.45, 7) is 15.3. The molecule has 1 N–H and O–H groups in total. The SMILES string of the molecule is C[SiH](C)O[Si](C)(C)CCCN1CCNCC1. The van der Waals surface area contributed by atoms with Crippen molar-refractivity contribution < 1.29 is 4.12 Å². The molecule has 1 fully saturated rings. The van der Waals surface area contributed by atoms with Gasteiger partial charge in [0.1, 0.15) is 0 Å². The molecular formula is C11H28N2OSi2. The second-order valence-electron chi connectivity index (χ2n) is 5.62. The van der Waals surface area contributed by atoms with Gasteiger partial charge in [0.25, 0.3) is 0 Å². The van der Waals surface area contributed by atoms with E-state index < -0.39 is 17.4 Å². The first kappa shape index (κ1) is 14.4. The summed E-state index contributed by atoms with van der Waals surface area (Å²) < 4.78 is 6.17. The predicted molar refractivity (Wildman–Crippen MR) is 76.2 cm³/mol. The first-order valence-corrected chi connectivity index (χ1v) is 12.5. The minimum absolute atomic E-state index is 0.834. The van der Waals surface area contributed by atoms with Crippen LogP contribution >= 0.6 is 0 Å². The molecule has 0 spiro atoms. The molecule has 0 aromatic rings. The number of rotatable bonds is 6. The maximum Gasteiger partial charge on any atom is 0.173 e. The van der Waals surface area contributed by atoms with Crippen molar-refractivity contribution in [3.05, 3.63) is 0 Å². The van der Waals surface area contributed by atoms with Crippen molar-refractivity contribution >= 4 is 17.4 Å². The Morgan fingerprint density at radius 2 is 1.88 bits per heavy atom. The minimum atomic E-state index is -1.33. The normalized spacial score (nSPS) is 19.3. The van der Waals surface area contributed by atoms with Gasteiger partial charge in [-0.25, -0.2) is 0 Å². The molecular weight excluding hydrogens is 232 g/mol. The zero-order valence-electron chi connectivity index (χ0n) is 11.4. The van der Waals surface area contributed by atoms with E-state index in [9.17, 15) is 0 Å². The fraction of sp³-hybridized carbons (Fsp3) is 1.00. The van der Waals surface area contributed by atoms with Gasteiger partial charge >= 0.3 is 0 Å². The second kappa shape index (κ2) is 6.91. The fourth-order valence-electron chi connectivity index (χ4n) is 2.36. The van der Waals surface area contributed by atoms with Gasteiger partial charge in [0.2, 0.25) is 0 Å². The molecule has 0 amide bonds. The van der Waals surface area contributed by atoms with Crippen LogP contribution in [0.3, 0.4) is 0 Å². The molecule has 1 aliphatic rings. The highest BCUT2D eigenvalue weighted by Crippen LogP contribution is 2.15. The van der Waals surface area contributed by atoms with Gasteiger partial charge in [0, 0.05) is 26.2 Å². The molecule has 1 heterocycles. The number of piperazine rings is 1. The average Bonchev–Trinajstić information content (AvgIpc) is 2.16. The van der Waals surface area contributed by atoms with E-state index >= 15 is 0 Å². The van der Waals surface area contributed by atoms with Gasteiger partial charge in [-0.1, -0.05) is 0 Å². The summed E-state index contributed by atoms with van der Waals surface area (Å²) in [5, 5.41) is 3.40. The summed E-state index contributed by atoms with van der Waals surface area (Å²) in [6, 6.07) is 1.32. The smallest absolute Gasteiger partial charge is 0.173 e. The Labute approximate surface area is 103 Å². The van der Waals surface area contributed by atoms with Crippen LogP contribution in [0.2, 0.25) is 32.2 Å². The minimum Gasteiger partial charge on any atom is -0.458 e. The Bertz CT molecular complexity index is 194. The topological polar surface area (TPSA) is 24.5 Å². The van der Waals surface area contributed by atoms with E-state index in [2.05, 4.69) is 36.4 Å². The first-order chi connectivity index (χ1) is 7.49. The Kier molecular flexibility index (Phi) is 6.21. The van der Waals surface area contributed by atoms with Gasteiger partial charge in [-0.3, -0.25) is 0 Å². The monoisotopic (exact) mass is 260 g/mol. The Morgan fingerprint density at radius 1 is 1.25 bits per heavy atom. The van der Waals surface area contributed by atoms with Crippen molar-refractivity contribution in [2.75, 3.05) is 32.7 Å². The van der Waals surface area contributed by atoms with E-state index in [0.717, 1.165) is 13.1 Å². The molecule has 1 saturated heterocycles. The zero-order valence-corrected chi connectivity index (χ0v) is 13.5. The molecule has 16 heavy (non-hydrogen) atoms. The third kappa shape index (κ3) is 6.15. The Hall–Kier alpha value is 0.314. The Morgan fingerprint density at radius 3 is 2.44 bits per heavy atom. The van der Waals surface area contributed by atoms with E-state index in [4.69, 9.17) is 4.12 Å². The summed E-state index contributed by atoms with van der Waals surface area (Å²) in [6.07, 6.45) is 1.32. The zero-order chi connectivity index (χ0) is 12.0. The van der Waals surface area contributed by atoms with Crippen molar-refractivity contribution in [3.63, 3.8) is 0 Å². The highest BCUT2D eigenvalue weighted by atomic mass is 28.4. The lowest BCUT2D eigenvalue weighted by Gasteiger charge is -2.30. The van der Waals surface area contributed by atoms with Crippen LogP contribution in [-0.2, 0) is 4.12 Å². The van der Waals surface area contributed by atoms with Crippen LogP contribution in [0, 0.1) is 0 Å². The van der Waals surface area contributed by atoms with Gasteiger partial charge in [-0.05, 0) is 45.2 Å². The number of nitrogens with one attached hydrogen (secondary N) is 1. The lowest BCUT2D eigenvalue weighted by molar-refractivity contribution is 0.241. The van der Waals surface area contributed by atoms with E-state index in [1.165, 1.54) is 32.1 Å². The summed E-state index contributed by atoms with van der Waals surface area (Å²) in [5.41, 5.74) is 0. The molecule has 0 aliphatic carbocycles. The molecule has 0 aromatic heterocycles. The van der Waals surface area contributed by atoms with Gasteiger partial charge in [0.05, 0.1) is 0 Å². The largest absolute Gasteiger partial charge is 0.458 e. The third-order valence-electron chi connectivity index (χ3n) is 3.02. The van der Waals surface area contributed by atoms with E-state index in [-0.39, 0.29) is 0 Å². The van der Waals surface area contributed by atoms with E-state index in [1.807, 2.05) is 0 Å². The molecule has 1 rings (SSSR count). The fourth-order valence-corrected chi connectivity index (χ4v) is 8.95. The Balaban J connectivity index is 2.13. The van der Waals surface area contributed by atoms with Gasteiger partial charge in [0.15, 0.2) is 17.4 Å². The van der Waals surface area contributed by atoms with Crippen LogP contribution in [0.4, 0.5) is 0 Å². The summed E-state index contributed by atoms with van der Waals surface area (Å²) in [5.74, 6) is 0. The number of hydrogen-bond donors (Lipinski definition) is 1. The molecule has 0 atom stereocenters. The lowest BCUT2D eigenvalue weighted by atomic mass is 10.3. The second-order valence-corrected chi connectivity index (χ2v) is 12.7. The molecule has 3 nitrogen and oxygen atoms in total. The maximum atomic E-state index is 6.17. The molecule has 0 saturated carbocycles. The van der Waals surface area contributed by atoms with Gasteiger partial charge in [-0.15, -0.1) is 0 Å². The van der Waals surface area contributed by atoms with Crippen LogP contribution in [-0.4, -0.2) is 55.0 Å². The molecule has 96 valence electrons. The quantitative estimate of drug-likeness (QED) is 0.732. The third-order valence-corrected chi connectivity index (χ3v) is 9.01. The van der Waals surface area contributed by atoms with Crippen LogP contribution in [0.25, 0.3) is 0 Å². The van der Waals surface area contributed by atoms with Crippen LogP contribution < -0.4 is 5.32 Å². The molecule has 0 aromatic carbocycles. The van der Waals surface area contributed by atoms with Crippen LogP contribution in [0.5, 0.6) is 0 Å². The average molecular weight is 261 g/mol. The lowest BCUT2D eigenvalue weighted by Crippen LogP contribution is -2.44. The van der Waals surface area contributed by atoms with E-state index in [0.29, 0.717) is 0 Å². The van der Waals surface area contributed by atoms with Gasteiger partial charge in [-0.2, -0.15) is 0 Å². The van der Waals surface area contributed by atoms with E-state index in [1.54, 1.807) is 0 Å². The first-order valence-electron chi connectivity index (χ1n) is 6.60. The molecule has 1 aliphatic heterocycles. The van der Waals surface area contributed by atoms with Crippen molar-refractivity contribution in [1.82, 2.24) is 10.2 Å². The summed E-state index contributed by atoms with van der Waals surface area (Å²) in [7, 11) is -2.17. The number of nitrogens with zero attached hydrogens (tertiary/aromatic N) is 1. The van der Waals surface area contributed by atoms with Crippen molar-refractivity contribution in [3.8, 4) is 0 Å². The highest BCUT2D eigenvalue weighted by Gasteiger charge is 2.23. The van der Waals surface area contributed by atoms with Crippen LogP contribution in [0.1, 0.15) is 6.42 Å². The van der Waals surface area contributed by atoms with Gasteiger partial charge < -0.3 is 14.3 Å². The van der Waals surface area contributed by atoms with Crippen molar-refractivity contribution in [2.45, 2.75) is 38.7 Å². The summed E-state index contributed by atoms with van der Waals surface area (Å²) >= 11 is 0. The molecule has 0 unspecified atom stereocenters. The molecule has 0 radical (unpaired) electrons. The summed E-state index contributed by atoms with van der Waals surface area (Å²) in [4.78, 5) is 2.58. The highest BCUT2D eigenvalue weighted by molar-refractivity contribution is 6.77. The molecule has 0 bridgehead atoms. The molecule has 5 heteroatoms. The standard InChI is InChI=1S/C11H28N2OSi2/c1-15(2)14-16(3,4)11-5-8-13-9-6-12-7-10-13/h12,15H,5-11H2,1-4H3. The predicted octanol–water partition coefficient (Wildman–Crippen LogP) is 1.49. The van der Waals surface area contributed by atoms with Crippen molar-refractivity contribution in [1.29, 1.82) is 0 Å². The van der Waals surface area contributed by atoms with Crippen molar-refractivity contribution in [2.24, 2.45) is 0 Å². The maximum absolute atomic E-state index is 6.17.